The molecule has 4 heteroatoms. The third kappa shape index (κ3) is 9.07. The van der Waals surface area contributed by atoms with Gasteiger partial charge in [0.05, 0.1) is 0 Å². The van der Waals surface area contributed by atoms with Crippen LogP contribution in [0.15, 0.2) is 0 Å². The zero-order valence-corrected chi connectivity index (χ0v) is 8.24. The highest BCUT2D eigenvalue weighted by atomic mass is 35.7. The van der Waals surface area contributed by atoms with Gasteiger partial charge in [-0.2, -0.15) is 0 Å². The minimum absolute atomic E-state index is 0.734. The van der Waals surface area contributed by atoms with E-state index in [0.717, 1.165) is 24.9 Å². The van der Waals surface area contributed by atoms with E-state index >= 15 is 0 Å². The summed E-state index contributed by atoms with van der Waals surface area (Å²) in [5, 5.41) is 0.864. The summed E-state index contributed by atoms with van der Waals surface area (Å²) in [4.78, 5) is 0. The quantitative estimate of drug-likeness (QED) is 0.471. The largest absolute Gasteiger partial charge is 0.521 e. The molecule has 0 saturated heterocycles. The van der Waals surface area contributed by atoms with Crippen LogP contribution in [0.4, 0.5) is 0 Å². The Labute approximate surface area is 69.1 Å². The van der Waals surface area contributed by atoms with Gasteiger partial charge in [-0.05, 0) is 11.7 Å². The lowest BCUT2D eigenvalue weighted by Gasteiger charge is -1.98. The van der Waals surface area contributed by atoms with Crippen LogP contribution in [-0.2, 0) is 4.74 Å². The van der Waals surface area contributed by atoms with Crippen LogP contribution in [0.1, 0.15) is 13.3 Å². The summed E-state index contributed by atoms with van der Waals surface area (Å²) < 4.78 is 5.16. The Bertz CT molecular complexity index is 60.9. The maximum absolute atomic E-state index is 5.58. The van der Waals surface area contributed by atoms with E-state index in [1.165, 1.54) is 0 Å². The summed E-state index contributed by atoms with van der Waals surface area (Å²) >= 11 is -1.39. The molecule has 0 aromatic heterocycles. The average Bonchev–Trinajstić information content (AvgIpc) is 1.80. The Morgan fingerprint density at radius 3 is 2.44 bits per heavy atom. The third-order valence-electron chi connectivity index (χ3n) is 0.829. The Balaban J connectivity index is 2.75. The SMILES string of the molecule is CCCOC[CH2][Al]([Cl])[Cl]. The standard InChI is InChI=1S/C5H11O.Al.2ClH/c1-3-5-6-4-2;;;/h2-5H2,1H3;;2*1H/q;+2;;/p-2. The van der Waals surface area contributed by atoms with E-state index < -0.39 is 12.3 Å². The highest BCUT2D eigenvalue weighted by Gasteiger charge is 2.08. The predicted octanol–water partition coefficient (Wildman–Crippen LogP) is 2.38. The van der Waals surface area contributed by atoms with Crippen molar-refractivity contribution in [3.05, 3.63) is 0 Å². The Morgan fingerprint density at radius 2 is 2.00 bits per heavy atom. The van der Waals surface area contributed by atoms with Gasteiger partial charge in [0.1, 0.15) is 0 Å². The lowest BCUT2D eigenvalue weighted by molar-refractivity contribution is 0.148. The van der Waals surface area contributed by atoms with Crippen molar-refractivity contribution in [2.24, 2.45) is 0 Å². The first-order valence-corrected chi connectivity index (χ1v) is 7.44. The number of hydrogen-bond donors (Lipinski definition) is 0. The van der Waals surface area contributed by atoms with Crippen LogP contribution in [0.3, 0.4) is 0 Å². The van der Waals surface area contributed by atoms with E-state index in [4.69, 9.17) is 24.8 Å². The van der Waals surface area contributed by atoms with Crippen molar-refractivity contribution in [1.82, 2.24) is 0 Å². The lowest BCUT2D eigenvalue weighted by Crippen LogP contribution is -2.01. The molecule has 54 valence electrons. The summed E-state index contributed by atoms with van der Waals surface area (Å²) in [6.45, 7) is 3.64. The molecule has 0 aliphatic carbocycles. The zero-order chi connectivity index (χ0) is 7.11. The summed E-state index contributed by atoms with van der Waals surface area (Å²) in [5.74, 6) is 0. The van der Waals surface area contributed by atoms with Gasteiger partial charge in [-0.3, -0.25) is 0 Å². The second-order valence-electron chi connectivity index (χ2n) is 1.79. The molecule has 1 nitrogen and oxygen atoms in total. The molecule has 0 fully saturated rings. The first kappa shape index (κ1) is 10.1. The predicted molar refractivity (Wildman–Crippen MR) is 43.4 cm³/mol. The third-order valence-corrected chi connectivity index (χ3v) is 2.81. The van der Waals surface area contributed by atoms with Gasteiger partial charge in [-0.1, -0.05) is 6.92 Å². The molecule has 0 bridgehead atoms. The molecule has 0 amide bonds. The smallest absolute Gasteiger partial charge is 0.383 e. The lowest BCUT2D eigenvalue weighted by atomic mass is 10.5. The average molecular weight is 185 g/mol. The monoisotopic (exact) mass is 184 g/mol. The zero-order valence-electron chi connectivity index (χ0n) is 5.57. The van der Waals surface area contributed by atoms with Crippen LogP contribution in [-0.4, -0.2) is 25.5 Å². The van der Waals surface area contributed by atoms with Crippen molar-refractivity contribution in [2.75, 3.05) is 13.2 Å². The highest BCUT2D eigenvalue weighted by Crippen LogP contribution is 2.02. The van der Waals surface area contributed by atoms with E-state index in [2.05, 4.69) is 6.92 Å². The van der Waals surface area contributed by atoms with E-state index in [1.807, 2.05) is 0 Å². The fourth-order valence-electron chi connectivity index (χ4n) is 0.419. The van der Waals surface area contributed by atoms with Crippen LogP contribution in [0.2, 0.25) is 5.28 Å². The van der Waals surface area contributed by atoms with Gasteiger partial charge in [0.2, 0.25) is 0 Å². The van der Waals surface area contributed by atoms with Crippen LogP contribution >= 0.6 is 20.1 Å². The van der Waals surface area contributed by atoms with E-state index in [0.29, 0.717) is 0 Å². The van der Waals surface area contributed by atoms with Gasteiger partial charge in [-0.15, -0.1) is 0 Å². The molecule has 0 heterocycles. The first-order chi connectivity index (χ1) is 4.27. The van der Waals surface area contributed by atoms with E-state index in [-0.39, 0.29) is 0 Å². The van der Waals surface area contributed by atoms with Crippen molar-refractivity contribution >= 4 is 32.4 Å². The summed E-state index contributed by atoms with van der Waals surface area (Å²) in [6, 6.07) is 0. The van der Waals surface area contributed by atoms with Crippen molar-refractivity contribution in [1.29, 1.82) is 0 Å². The molecule has 0 radical (unpaired) electrons. The van der Waals surface area contributed by atoms with Gasteiger partial charge in [0.15, 0.2) is 0 Å². The summed E-state index contributed by atoms with van der Waals surface area (Å²) in [6.07, 6.45) is 1.07. The molecule has 0 aromatic rings. The minimum Gasteiger partial charge on any atom is -0.383 e. The second kappa shape index (κ2) is 7.18. The van der Waals surface area contributed by atoms with Crippen LogP contribution in [0.5, 0.6) is 0 Å². The van der Waals surface area contributed by atoms with Crippen molar-refractivity contribution in [3.8, 4) is 0 Å². The molecular weight excluding hydrogens is 174 g/mol. The van der Waals surface area contributed by atoms with Crippen molar-refractivity contribution in [3.63, 3.8) is 0 Å². The topological polar surface area (TPSA) is 9.23 Å². The molecule has 0 saturated carbocycles. The Hall–Kier alpha value is 1.07. The number of hydrogen-bond acceptors (Lipinski definition) is 1. The molecule has 0 aliphatic rings. The van der Waals surface area contributed by atoms with Crippen LogP contribution < -0.4 is 0 Å². The van der Waals surface area contributed by atoms with E-state index in [9.17, 15) is 0 Å². The first-order valence-electron chi connectivity index (χ1n) is 3.13. The Kier molecular flexibility index (Phi) is 8.04. The fourth-order valence-corrected chi connectivity index (χ4v) is 1.30. The molecule has 0 N–H and O–H groups in total. The van der Waals surface area contributed by atoms with Crippen LogP contribution in [0.25, 0.3) is 0 Å². The van der Waals surface area contributed by atoms with Gasteiger partial charge >= 0.3 is 12.3 Å². The number of rotatable bonds is 5. The highest BCUT2D eigenvalue weighted by molar-refractivity contribution is 7.33. The van der Waals surface area contributed by atoms with Gasteiger partial charge < -0.3 is 4.74 Å². The molecule has 9 heavy (non-hydrogen) atoms. The maximum atomic E-state index is 5.58. The fraction of sp³-hybridized carbons (Fsp3) is 1.00. The number of ether oxygens (including phenoxy) is 1. The molecule has 0 aliphatic heterocycles. The summed E-state index contributed by atoms with van der Waals surface area (Å²) in [5.41, 5.74) is 0. The number of halogens is 2. The van der Waals surface area contributed by atoms with Gasteiger partial charge in [-0.25, -0.2) is 20.1 Å². The van der Waals surface area contributed by atoms with Crippen molar-refractivity contribution in [2.45, 2.75) is 18.6 Å². The molecule has 0 unspecified atom stereocenters. The van der Waals surface area contributed by atoms with Gasteiger partial charge in [0, 0.05) is 13.2 Å². The van der Waals surface area contributed by atoms with Crippen molar-refractivity contribution < 1.29 is 4.74 Å². The van der Waals surface area contributed by atoms with E-state index in [1.54, 1.807) is 0 Å². The normalized spacial score (nSPS) is 9.67. The molecule has 0 spiro atoms. The molecule has 0 aromatic carbocycles. The van der Waals surface area contributed by atoms with Gasteiger partial charge in [0.25, 0.3) is 0 Å². The maximum Gasteiger partial charge on any atom is 0.521 e. The molecule has 0 atom stereocenters. The molecule has 0 rings (SSSR count). The molecular formula is C5H11AlCl2O. The summed E-state index contributed by atoms with van der Waals surface area (Å²) in [7, 11) is 11.2. The Morgan fingerprint density at radius 1 is 1.33 bits per heavy atom. The minimum atomic E-state index is -1.39. The second-order valence-corrected chi connectivity index (χ2v) is 6.98. The van der Waals surface area contributed by atoms with Crippen LogP contribution in [0, 0.1) is 0 Å².